The fourth-order valence-corrected chi connectivity index (χ4v) is 3.23. The van der Waals surface area contributed by atoms with Crippen LogP contribution in [-0.2, 0) is 9.53 Å². The molecule has 9 nitrogen and oxygen atoms in total. The van der Waals surface area contributed by atoms with Gasteiger partial charge in [0.05, 0.1) is 16.9 Å². The largest absolute Gasteiger partial charge is 0.451 e. The lowest BCUT2D eigenvalue weighted by molar-refractivity contribution is -0.119. The van der Waals surface area contributed by atoms with Crippen LogP contribution in [0.1, 0.15) is 40.4 Å². The van der Waals surface area contributed by atoms with Gasteiger partial charge in [0.2, 0.25) is 11.1 Å². The first-order valence-electron chi connectivity index (χ1n) is 10.9. The predicted molar refractivity (Wildman–Crippen MR) is 132 cm³/mol. The smallest absolute Gasteiger partial charge is 0.363 e. The molecular weight excluding hydrogens is 472 g/mol. The van der Waals surface area contributed by atoms with Gasteiger partial charge in [0, 0.05) is 23.3 Å². The average molecular weight is 497 g/mol. The Balaban J connectivity index is 1.69. The van der Waals surface area contributed by atoms with Crippen LogP contribution in [0.4, 0.5) is 5.69 Å². The highest BCUT2D eigenvalue weighted by Gasteiger charge is 2.19. The Morgan fingerprint density at radius 3 is 2.46 bits per heavy atom. The van der Waals surface area contributed by atoms with E-state index in [-0.39, 0.29) is 23.1 Å². The normalized spacial score (nSPS) is 10.7. The molecule has 35 heavy (non-hydrogen) atoms. The number of ether oxygens (including phenoxy) is 1. The summed E-state index contributed by atoms with van der Waals surface area (Å²) in [5.41, 5.74) is 0.536. The lowest BCUT2D eigenvalue weighted by Crippen LogP contribution is -2.29. The van der Waals surface area contributed by atoms with Crippen molar-refractivity contribution in [3.05, 3.63) is 86.8 Å². The van der Waals surface area contributed by atoms with Crippen molar-refractivity contribution in [3.63, 3.8) is 0 Å². The van der Waals surface area contributed by atoms with Crippen LogP contribution in [0, 0.1) is 12.8 Å². The minimum absolute atomic E-state index is 0.264. The van der Waals surface area contributed by atoms with Gasteiger partial charge < -0.3 is 15.4 Å². The van der Waals surface area contributed by atoms with Crippen LogP contribution in [0.25, 0.3) is 5.69 Å². The second kappa shape index (κ2) is 11.4. The van der Waals surface area contributed by atoms with Gasteiger partial charge in [-0.3, -0.25) is 14.4 Å². The van der Waals surface area contributed by atoms with Crippen LogP contribution in [0.15, 0.2) is 59.4 Å². The number of aromatic nitrogens is 2. The van der Waals surface area contributed by atoms with Crippen molar-refractivity contribution in [1.29, 1.82) is 0 Å². The van der Waals surface area contributed by atoms with Gasteiger partial charge in [-0.2, -0.15) is 5.10 Å². The third-order valence-electron chi connectivity index (χ3n) is 4.82. The van der Waals surface area contributed by atoms with Crippen molar-refractivity contribution >= 4 is 35.1 Å². The van der Waals surface area contributed by atoms with E-state index in [0.717, 1.165) is 0 Å². The zero-order valence-electron chi connectivity index (χ0n) is 19.5. The van der Waals surface area contributed by atoms with Crippen LogP contribution in [0.3, 0.4) is 0 Å². The van der Waals surface area contributed by atoms with E-state index in [0.29, 0.717) is 22.9 Å². The molecule has 0 spiro atoms. The minimum Gasteiger partial charge on any atom is -0.451 e. The minimum atomic E-state index is -1.05. The molecule has 0 saturated carbocycles. The molecule has 0 unspecified atom stereocenters. The van der Waals surface area contributed by atoms with E-state index in [1.165, 1.54) is 10.7 Å². The number of carbonyl (C=O) groups excluding carboxylic acids is 3. The van der Waals surface area contributed by atoms with Crippen molar-refractivity contribution in [3.8, 4) is 5.69 Å². The summed E-state index contributed by atoms with van der Waals surface area (Å²) in [5, 5.41) is 9.98. The number of nitrogens with one attached hydrogen (secondary N) is 2. The molecule has 0 saturated heterocycles. The summed E-state index contributed by atoms with van der Waals surface area (Å²) < 4.78 is 6.43. The van der Waals surface area contributed by atoms with Crippen molar-refractivity contribution in [1.82, 2.24) is 15.1 Å². The van der Waals surface area contributed by atoms with Crippen LogP contribution in [0.5, 0.6) is 0 Å². The number of carbonyl (C=O) groups is 3. The van der Waals surface area contributed by atoms with Gasteiger partial charge in [0.15, 0.2) is 6.61 Å². The number of halogens is 1. The van der Waals surface area contributed by atoms with Crippen LogP contribution < -0.4 is 16.1 Å². The Bertz CT molecular complexity index is 1300. The molecular formula is C25H25ClN4O5. The molecule has 3 aromatic rings. The first kappa shape index (κ1) is 25.6. The fraction of sp³-hybridized carbons (Fsp3) is 0.240. The molecule has 0 fully saturated rings. The second-order valence-electron chi connectivity index (χ2n) is 8.16. The van der Waals surface area contributed by atoms with Crippen molar-refractivity contribution in [2.45, 2.75) is 20.8 Å². The fourth-order valence-electron chi connectivity index (χ4n) is 3.10. The average Bonchev–Trinajstić information content (AvgIpc) is 2.82. The van der Waals surface area contributed by atoms with Gasteiger partial charge in [-0.25, -0.2) is 9.48 Å². The monoisotopic (exact) mass is 496 g/mol. The number of rotatable bonds is 8. The molecule has 3 rings (SSSR count). The highest BCUT2D eigenvalue weighted by molar-refractivity contribution is 6.30. The zero-order valence-corrected chi connectivity index (χ0v) is 20.3. The second-order valence-corrected chi connectivity index (χ2v) is 8.60. The summed E-state index contributed by atoms with van der Waals surface area (Å²) in [5.74, 6) is -1.79. The molecule has 10 heteroatoms. The number of hydrogen-bond acceptors (Lipinski definition) is 6. The Morgan fingerprint density at radius 2 is 1.77 bits per heavy atom. The van der Waals surface area contributed by atoms with E-state index < -0.39 is 29.6 Å². The summed E-state index contributed by atoms with van der Waals surface area (Å²) in [7, 11) is 0. The summed E-state index contributed by atoms with van der Waals surface area (Å²) >= 11 is 5.92. The summed E-state index contributed by atoms with van der Waals surface area (Å²) in [6.07, 6.45) is 0. The lowest BCUT2D eigenvalue weighted by atomic mass is 10.1. The maximum Gasteiger partial charge on any atom is 0.363 e. The maximum atomic E-state index is 12.5. The topological polar surface area (TPSA) is 119 Å². The molecule has 0 aliphatic carbocycles. The number of para-hydroxylation sites is 1. The SMILES string of the molecule is Cc1cc(=O)c(C(=O)OCC(=O)Nc2ccccc2C(=O)NCC(C)C)nn1-c1ccc(Cl)cc1. The number of nitrogens with zero attached hydrogens (tertiary/aromatic N) is 2. The number of aryl methyl sites for hydroxylation is 1. The number of amides is 2. The predicted octanol–water partition coefficient (Wildman–Crippen LogP) is 3.38. The molecule has 0 bridgehead atoms. The van der Waals surface area contributed by atoms with E-state index in [1.807, 2.05) is 13.8 Å². The van der Waals surface area contributed by atoms with Gasteiger partial charge in [-0.05, 0) is 49.2 Å². The zero-order chi connectivity index (χ0) is 25.5. The standard InChI is InChI=1S/C25H25ClN4O5/c1-15(2)13-27-24(33)19-6-4-5-7-20(19)28-22(32)14-35-25(34)23-21(31)12-16(3)30(29-23)18-10-8-17(26)9-11-18/h4-12,15H,13-14H2,1-3H3,(H,27,33)(H,28,32). The molecule has 1 aromatic heterocycles. The molecule has 182 valence electrons. The third kappa shape index (κ3) is 6.77. The molecule has 1 heterocycles. The van der Waals surface area contributed by atoms with Gasteiger partial charge in [0.1, 0.15) is 0 Å². The molecule has 0 aliphatic heterocycles. The Hall–Kier alpha value is -3.98. The maximum absolute atomic E-state index is 12.5. The Morgan fingerprint density at radius 1 is 1.09 bits per heavy atom. The number of benzene rings is 2. The highest BCUT2D eigenvalue weighted by atomic mass is 35.5. The van der Waals surface area contributed by atoms with Gasteiger partial charge >= 0.3 is 5.97 Å². The number of anilines is 1. The van der Waals surface area contributed by atoms with E-state index >= 15 is 0 Å². The molecule has 0 radical (unpaired) electrons. The van der Waals surface area contributed by atoms with E-state index in [2.05, 4.69) is 15.7 Å². The summed E-state index contributed by atoms with van der Waals surface area (Å²) in [4.78, 5) is 49.7. The summed E-state index contributed by atoms with van der Waals surface area (Å²) in [6.45, 7) is 5.41. The van der Waals surface area contributed by atoms with Gasteiger partial charge in [-0.1, -0.05) is 37.6 Å². The first-order valence-corrected chi connectivity index (χ1v) is 11.2. The Labute approximate surface area is 207 Å². The first-order chi connectivity index (χ1) is 16.7. The number of hydrogen-bond donors (Lipinski definition) is 2. The van der Waals surface area contributed by atoms with Crippen molar-refractivity contribution in [2.75, 3.05) is 18.5 Å². The summed E-state index contributed by atoms with van der Waals surface area (Å²) in [6, 6.07) is 14.4. The molecule has 0 atom stereocenters. The molecule has 2 amide bonds. The highest BCUT2D eigenvalue weighted by Crippen LogP contribution is 2.16. The van der Waals surface area contributed by atoms with Crippen molar-refractivity contribution < 1.29 is 19.1 Å². The van der Waals surface area contributed by atoms with Crippen molar-refractivity contribution in [2.24, 2.45) is 5.92 Å². The molecule has 0 aliphatic rings. The lowest BCUT2D eigenvalue weighted by Gasteiger charge is -2.13. The van der Waals surface area contributed by atoms with Crippen LogP contribution in [0.2, 0.25) is 5.02 Å². The van der Waals surface area contributed by atoms with E-state index in [4.69, 9.17) is 16.3 Å². The Kier molecular flexibility index (Phi) is 8.38. The van der Waals surface area contributed by atoms with Gasteiger partial charge in [0.25, 0.3) is 11.8 Å². The number of esters is 1. The molecule has 2 N–H and O–H groups in total. The van der Waals surface area contributed by atoms with Gasteiger partial charge in [-0.15, -0.1) is 0 Å². The van der Waals surface area contributed by atoms with Crippen LogP contribution >= 0.6 is 11.6 Å². The quantitative estimate of drug-likeness (QED) is 0.461. The van der Waals surface area contributed by atoms with E-state index in [1.54, 1.807) is 55.5 Å². The van der Waals surface area contributed by atoms with E-state index in [9.17, 15) is 19.2 Å². The third-order valence-corrected chi connectivity index (χ3v) is 5.07. The molecule has 2 aromatic carbocycles. The van der Waals surface area contributed by atoms with Crippen LogP contribution in [-0.4, -0.2) is 40.7 Å².